The van der Waals surface area contributed by atoms with Gasteiger partial charge in [-0.1, -0.05) is 31.5 Å². The Kier molecular flexibility index (Phi) is 4.53. The first-order valence-corrected chi connectivity index (χ1v) is 5.56. The van der Waals surface area contributed by atoms with Gasteiger partial charge < -0.3 is 10.6 Å². The summed E-state index contributed by atoms with van der Waals surface area (Å²) in [5.74, 6) is 0.0868. The molecule has 90 valence electrons. The molecule has 0 saturated carbocycles. The van der Waals surface area contributed by atoms with E-state index in [4.69, 9.17) is 5.26 Å². The van der Waals surface area contributed by atoms with Crippen LogP contribution < -0.4 is 10.6 Å². The van der Waals surface area contributed by atoms with E-state index in [0.717, 1.165) is 5.56 Å². The fourth-order valence-corrected chi connectivity index (χ4v) is 1.29. The SMILES string of the molecule is Cc1ccc(NC(=O)NC(C#N)C(C)C)cc1. The largest absolute Gasteiger partial charge is 0.322 e. The van der Waals surface area contributed by atoms with E-state index in [9.17, 15) is 4.79 Å². The molecule has 0 aliphatic rings. The van der Waals surface area contributed by atoms with Crippen LogP contribution >= 0.6 is 0 Å². The molecule has 4 heteroatoms. The predicted molar refractivity (Wildman–Crippen MR) is 67.6 cm³/mol. The van der Waals surface area contributed by atoms with Crippen molar-refractivity contribution in [2.24, 2.45) is 5.92 Å². The van der Waals surface area contributed by atoms with Gasteiger partial charge in [0, 0.05) is 5.69 Å². The van der Waals surface area contributed by atoms with Crippen molar-refractivity contribution in [3.63, 3.8) is 0 Å². The first kappa shape index (κ1) is 13.0. The number of hydrogen-bond acceptors (Lipinski definition) is 2. The number of anilines is 1. The van der Waals surface area contributed by atoms with Gasteiger partial charge >= 0.3 is 6.03 Å². The molecule has 0 radical (unpaired) electrons. The highest BCUT2D eigenvalue weighted by atomic mass is 16.2. The average Bonchev–Trinajstić information content (AvgIpc) is 2.28. The molecule has 0 fully saturated rings. The van der Waals surface area contributed by atoms with Crippen LogP contribution in [0.15, 0.2) is 24.3 Å². The molecule has 0 bridgehead atoms. The zero-order valence-electron chi connectivity index (χ0n) is 10.3. The summed E-state index contributed by atoms with van der Waals surface area (Å²) in [4.78, 5) is 11.6. The lowest BCUT2D eigenvalue weighted by Crippen LogP contribution is -2.40. The maximum absolute atomic E-state index is 11.6. The normalized spacial score (nSPS) is 11.7. The Balaban J connectivity index is 2.55. The van der Waals surface area contributed by atoms with Crippen molar-refractivity contribution in [3.05, 3.63) is 29.8 Å². The first-order valence-electron chi connectivity index (χ1n) is 5.56. The molecular formula is C13H17N3O. The molecule has 0 aliphatic carbocycles. The number of rotatable bonds is 3. The second-order valence-corrected chi connectivity index (χ2v) is 4.32. The number of hydrogen-bond donors (Lipinski definition) is 2. The van der Waals surface area contributed by atoms with Gasteiger partial charge in [-0.2, -0.15) is 5.26 Å². The summed E-state index contributed by atoms with van der Waals surface area (Å²) in [6.45, 7) is 5.76. The van der Waals surface area contributed by atoms with Crippen LogP contribution in [0.25, 0.3) is 0 Å². The molecule has 2 N–H and O–H groups in total. The Morgan fingerprint density at radius 1 is 1.29 bits per heavy atom. The molecule has 0 aromatic heterocycles. The number of carbonyl (C=O) groups is 1. The highest BCUT2D eigenvalue weighted by Crippen LogP contribution is 2.08. The lowest BCUT2D eigenvalue weighted by atomic mass is 10.1. The Hall–Kier alpha value is -2.02. The molecule has 0 heterocycles. The number of nitriles is 1. The van der Waals surface area contributed by atoms with E-state index in [-0.39, 0.29) is 11.9 Å². The summed E-state index contributed by atoms with van der Waals surface area (Å²) in [6.07, 6.45) is 0. The first-order chi connectivity index (χ1) is 8.02. The molecule has 0 spiro atoms. The minimum atomic E-state index is -0.472. The van der Waals surface area contributed by atoms with E-state index in [2.05, 4.69) is 16.7 Å². The van der Waals surface area contributed by atoms with Crippen LogP contribution in [0.4, 0.5) is 10.5 Å². The highest BCUT2D eigenvalue weighted by molar-refractivity contribution is 5.89. The van der Waals surface area contributed by atoms with Crippen molar-refractivity contribution in [1.29, 1.82) is 5.26 Å². The third kappa shape index (κ3) is 4.15. The van der Waals surface area contributed by atoms with Gasteiger partial charge in [-0.3, -0.25) is 0 Å². The van der Waals surface area contributed by atoms with Gasteiger partial charge in [0.2, 0.25) is 0 Å². The molecule has 2 amide bonds. The van der Waals surface area contributed by atoms with Crippen molar-refractivity contribution in [2.75, 3.05) is 5.32 Å². The maximum atomic E-state index is 11.6. The zero-order valence-corrected chi connectivity index (χ0v) is 10.3. The molecule has 1 aromatic rings. The molecule has 1 aromatic carbocycles. The summed E-state index contributed by atoms with van der Waals surface area (Å²) in [5.41, 5.74) is 1.85. The summed E-state index contributed by atoms with van der Waals surface area (Å²) >= 11 is 0. The van der Waals surface area contributed by atoms with Crippen molar-refractivity contribution in [2.45, 2.75) is 26.8 Å². The van der Waals surface area contributed by atoms with E-state index in [1.165, 1.54) is 0 Å². The Bertz CT molecular complexity index is 417. The standard InChI is InChI=1S/C13H17N3O/c1-9(2)12(8-14)16-13(17)15-11-6-4-10(3)5-7-11/h4-7,9,12H,1-3H3,(H2,15,16,17). The van der Waals surface area contributed by atoms with Gasteiger partial charge in [0.25, 0.3) is 0 Å². The second-order valence-electron chi connectivity index (χ2n) is 4.32. The monoisotopic (exact) mass is 231 g/mol. The predicted octanol–water partition coefficient (Wildman–Crippen LogP) is 2.66. The van der Waals surface area contributed by atoms with Crippen molar-refractivity contribution < 1.29 is 4.79 Å². The molecule has 1 atom stereocenters. The van der Waals surface area contributed by atoms with Crippen LogP contribution in [0.1, 0.15) is 19.4 Å². The number of carbonyl (C=O) groups excluding carboxylic acids is 1. The molecular weight excluding hydrogens is 214 g/mol. The number of nitrogens with one attached hydrogen (secondary N) is 2. The van der Waals surface area contributed by atoms with E-state index >= 15 is 0 Å². The average molecular weight is 231 g/mol. The van der Waals surface area contributed by atoms with Crippen molar-refractivity contribution >= 4 is 11.7 Å². The van der Waals surface area contributed by atoms with E-state index in [1.54, 1.807) is 0 Å². The Labute approximate surface area is 102 Å². The lowest BCUT2D eigenvalue weighted by Gasteiger charge is -2.15. The Morgan fingerprint density at radius 2 is 1.88 bits per heavy atom. The number of benzene rings is 1. The minimum Gasteiger partial charge on any atom is -0.322 e. The number of aryl methyl sites for hydroxylation is 1. The fourth-order valence-electron chi connectivity index (χ4n) is 1.29. The van der Waals surface area contributed by atoms with Gasteiger partial charge in [-0.25, -0.2) is 4.79 Å². The summed E-state index contributed by atoms with van der Waals surface area (Å²) in [6, 6.07) is 8.71. The van der Waals surface area contributed by atoms with Crippen LogP contribution in [0.3, 0.4) is 0 Å². The quantitative estimate of drug-likeness (QED) is 0.840. The topological polar surface area (TPSA) is 64.9 Å². The van der Waals surface area contributed by atoms with E-state index in [0.29, 0.717) is 5.69 Å². The molecule has 0 aliphatic heterocycles. The van der Waals surface area contributed by atoms with Gasteiger partial charge in [-0.05, 0) is 25.0 Å². The lowest BCUT2D eigenvalue weighted by molar-refractivity contribution is 0.248. The number of nitrogens with zero attached hydrogens (tertiary/aromatic N) is 1. The summed E-state index contributed by atoms with van der Waals surface area (Å²) < 4.78 is 0. The summed E-state index contributed by atoms with van der Waals surface area (Å²) in [7, 11) is 0. The fraction of sp³-hybridized carbons (Fsp3) is 0.385. The molecule has 1 rings (SSSR count). The Morgan fingerprint density at radius 3 is 2.35 bits per heavy atom. The molecule has 0 saturated heterocycles. The van der Waals surface area contributed by atoms with E-state index in [1.807, 2.05) is 45.0 Å². The zero-order chi connectivity index (χ0) is 12.8. The van der Waals surface area contributed by atoms with Crippen molar-refractivity contribution in [1.82, 2.24) is 5.32 Å². The maximum Gasteiger partial charge on any atom is 0.320 e. The van der Waals surface area contributed by atoms with Crippen LogP contribution in [-0.2, 0) is 0 Å². The van der Waals surface area contributed by atoms with Gasteiger partial charge in [-0.15, -0.1) is 0 Å². The third-order valence-corrected chi connectivity index (χ3v) is 2.40. The van der Waals surface area contributed by atoms with Gasteiger partial charge in [0.15, 0.2) is 0 Å². The number of urea groups is 1. The second kappa shape index (κ2) is 5.90. The van der Waals surface area contributed by atoms with Gasteiger partial charge in [0.1, 0.15) is 6.04 Å². The molecule has 4 nitrogen and oxygen atoms in total. The van der Waals surface area contributed by atoms with Gasteiger partial charge in [0.05, 0.1) is 6.07 Å². The van der Waals surface area contributed by atoms with Crippen LogP contribution in [-0.4, -0.2) is 12.1 Å². The van der Waals surface area contributed by atoms with Crippen molar-refractivity contribution in [3.8, 4) is 6.07 Å². The van der Waals surface area contributed by atoms with Crippen LogP contribution in [0.5, 0.6) is 0 Å². The van der Waals surface area contributed by atoms with E-state index < -0.39 is 6.04 Å². The van der Waals surface area contributed by atoms with Crippen LogP contribution in [0, 0.1) is 24.2 Å². The smallest absolute Gasteiger partial charge is 0.320 e. The highest BCUT2D eigenvalue weighted by Gasteiger charge is 2.14. The molecule has 1 unspecified atom stereocenters. The van der Waals surface area contributed by atoms with Crippen LogP contribution in [0.2, 0.25) is 0 Å². The summed E-state index contributed by atoms with van der Waals surface area (Å²) in [5, 5.41) is 14.2. The number of amides is 2. The minimum absolute atomic E-state index is 0.0868. The molecule has 17 heavy (non-hydrogen) atoms. The third-order valence-electron chi connectivity index (χ3n) is 2.40.